The molecule has 0 aliphatic carbocycles. The molecule has 15 heavy (non-hydrogen) atoms. The minimum atomic E-state index is -0.375. The third-order valence-corrected chi connectivity index (χ3v) is 3.72. The van der Waals surface area contributed by atoms with E-state index in [1.807, 2.05) is 32.0 Å². The number of halogens is 1. The summed E-state index contributed by atoms with van der Waals surface area (Å²) in [6, 6.07) is 5.70. The summed E-state index contributed by atoms with van der Waals surface area (Å²) in [4.78, 5) is 12.0. The Bertz CT molecular complexity index is 410. The SMILES string of the molecule is CCC1(CC)C(=O)Nc2c(Cl)cccc21. The van der Waals surface area contributed by atoms with E-state index in [0.29, 0.717) is 5.02 Å². The van der Waals surface area contributed by atoms with Gasteiger partial charge in [-0.25, -0.2) is 0 Å². The minimum absolute atomic E-state index is 0.0793. The van der Waals surface area contributed by atoms with Crippen molar-refractivity contribution < 1.29 is 4.79 Å². The van der Waals surface area contributed by atoms with Gasteiger partial charge in [-0.1, -0.05) is 37.6 Å². The van der Waals surface area contributed by atoms with Crippen LogP contribution in [0.1, 0.15) is 32.3 Å². The third kappa shape index (κ3) is 1.28. The summed E-state index contributed by atoms with van der Waals surface area (Å²) in [6.07, 6.45) is 1.62. The van der Waals surface area contributed by atoms with Crippen LogP contribution < -0.4 is 5.32 Å². The second-order valence-corrected chi connectivity index (χ2v) is 4.31. The number of fused-ring (bicyclic) bond motifs is 1. The molecule has 0 bridgehead atoms. The molecule has 1 aliphatic rings. The van der Waals surface area contributed by atoms with E-state index in [0.717, 1.165) is 24.1 Å². The summed E-state index contributed by atoms with van der Waals surface area (Å²) >= 11 is 6.06. The van der Waals surface area contributed by atoms with E-state index in [1.54, 1.807) is 0 Å². The van der Waals surface area contributed by atoms with Crippen molar-refractivity contribution in [1.82, 2.24) is 0 Å². The first kappa shape index (κ1) is 10.5. The van der Waals surface area contributed by atoms with E-state index in [4.69, 9.17) is 11.6 Å². The molecule has 0 spiro atoms. The highest BCUT2D eigenvalue weighted by molar-refractivity contribution is 6.34. The second-order valence-electron chi connectivity index (χ2n) is 3.91. The number of hydrogen-bond acceptors (Lipinski definition) is 1. The van der Waals surface area contributed by atoms with E-state index in [2.05, 4.69) is 5.32 Å². The number of carbonyl (C=O) groups excluding carboxylic acids is 1. The molecular formula is C12H14ClNO. The molecular weight excluding hydrogens is 210 g/mol. The molecule has 1 aliphatic heterocycles. The molecule has 2 nitrogen and oxygen atoms in total. The zero-order valence-electron chi connectivity index (χ0n) is 8.93. The normalized spacial score (nSPS) is 17.4. The van der Waals surface area contributed by atoms with Crippen LogP contribution in [0.3, 0.4) is 0 Å². The summed E-state index contributed by atoms with van der Waals surface area (Å²) in [7, 11) is 0. The zero-order chi connectivity index (χ0) is 11.1. The van der Waals surface area contributed by atoms with Crippen LogP contribution >= 0.6 is 11.6 Å². The molecule has 0 fully saturated rings. The van der Waals surface area contributed by atoms with E-state index in [-0.39, 0.29) is 11.3 Å². The molecule has 1 aromatic rings. The van der Waals surface area contributed by atoms with Gasteiger partial charge < -0.3 is 5.32 Å². The summed E-state index contributed by atoms with van der Waals surface area (Å²) in [5.41, 5.74) is 1.47. The van der Waals surface area contributed by atoms with Gasteiger partial charge in [0.25, 0.3) is 0 Å². The molecule has 1 aromatic carbocycles. The van der Waals surface area contributed by atoms with Crippen LogP contribution in [0.15, 0.2) is 18.2 Å². The first-order valence-electron chi connectivity index (χ1n) is 5.26. The van der Waals surface area contributed by atoms with Crippen LogP contribution in [0.5, 0.6) is 0 Å². The lowest BCUT2D eigenvalue weighted by Gasteiger charge is -2.23. The van der Waals surface area contributed by atoms with Crippen LogP contribution in [0, 0.1) is 0 Å². The summed E-state index contributed by atoms with van der Waals surface area (Å²) in [5, 5.41) is 3.52. The van der Waals surface area contributed by atoms with E-state index < -0.39 is 0 Å². The maximum Gasteiger partial charge on any atom is 0.235 e. The van der Waals surface area contributed by atoms with Crippen LogP contribution in [-0.4, -0.2) is 5.91 Å². The van der Waals surface area contributed by atoms with Crippen molar-refractivity contribution >= 4 is 23.2 Å². The number of benzene rings is 1. The maximum atomic E-state index is 12.0. The topological polar surface area (TPSA) is 29.1 Å². The van der Waals surface area contributed by atoms with Gasteiger partial charge in [0.1, 0.15) is 0 Å². The molecule has 80 valence electrons. The fraction of sp³-hybridized carbons (Fsp3) is 0.417. The number of nitrogens with one attached hydrogen (secondary N) is 1. The Morgan fingerprint density at radius 2 is 2.00 bits per heavy atom. The number of hydrogen-bond donors (Lipinski definition) is 1. The third-order valence-electron chi connectivity index (χ3n) is 3.41. The van der Waals surface area contributed by atoms with Crippen molar-refractivity contribution in [2.24, 2.45) is 0 Å². The fourth-order valence-corrected chi connectivity index (χ4v) is 2.58. The number of amides is 1. The van der Waals surface area contributed by atoms with Gasteiger partial charge in [-0.05, 0) is 24.5 Å². The molecule has 0 unspecified atom stereocenters. The van der Waals surface area contributed by atoms with E-state index >= 15 is 0 Å². The Balaban J connectivity index is 2.64. The Hall–Kier alpha value is -1.02. The fourth-order valence-electron chi connectivity index (χ4n) is 2.36. The van der Waals surface area contributed by atoms with Gasteiger partial charge in [0.15, 0.2) is 0 Å². The Morgan fingerprint density at radius 3 is 2.60 bits per heavy atom. The van der Waals surface area contributed by atoms with E-state index in [9.17, 15) is 4.79 Å². The quantitative estimate of drug-likeness (QED) is 0.819. The predicted octanol–water partition coefficient (Wildman–Crippen LogP) is 3.35. The van der Waals surface area contributed by atoms with Crippen molar-refractivity contribution in [2.75, 3.05) is 5.32 Å². The van der Waals surface area contributed by atoms with Crippen LogP contribution in [-0.2, 0) is 10.2 Å². The maximum absolute atomic E-state index is 12.0. The Morgan fingerprint density at radius 1 is 1.33 bits per heavy atom. The molecule has 1 amide bonds. The van der Waals surface area contributed by atoms with Crippen molar-refractivity contribution in [1.29, 1.82) is 0 Å². The van der Waals surface area contributed by atoms with Crippen molar-refractivity contribution in [2.45, 2.75) is 32.1 Å². The number of rotatable bonds is 2. The van der Waals surface area contributed by atoms with Gasteiger partial charge in [-0.2, -0.15) is 0 Å². The van der Waals surface area contributed by atoms with Gasteiger partial charge in [0.05, 0.1) is 16.1 Å². The van der Waals surface area contributed by atoms with Crippen LogP contribution in [0.2, 0.25) is 5.02 Å². The summed E-state index contributed by atoms with van der Waals surface area (Å²) in [6.45, 7) is 4.08. The van der Waals surface area contributed by atoms with Gasteiger partial charge in [0.2, 0.25) is 5.91 Å². The molecule has 1 heterocycles. The van der Waals surface area contributed by atoms with E-state index in [1.165, 1.54) is 0 Å². The summed E-state index contributed by atoms with van der Waals surface area (Å²) in [5.74, 6) is 0.0793. The standard InChI is InChI=1S/C12H14ClNO/c1-3-12(4-2)8-6-5-7-9(13)10(8)14-11(12)15/h5-7H,3-4H2,1-2H3,(H,14,15). The average Bonchev–Trinajstić information content (AvgIpc) is 2.53. The smallest absolute Gasteiger partial charge is 0.235 e. The number of carbonyl (C=O) groups is 1. The van der Waals surface area contributed by atoms with Crippen molar-refractivity contribution in [3.8, 4) is 0 Å². The highest BCUT2D eigenvalue weighted by Crippen LogP contribution is 2.45. The van der Waals surface area contributed by atoms with Crippen molar-refractivity contribution in [3.63, 3.8) is 0 Å². The van der Waals surface area contributed by atoms with Gasteiger partial charge in [-0.3, -0.25) is 4.79 Å². The molecule has 2 rings (SSSR count). The first-order chi connectivity index (χ1) is 7.15. The molecule has 0 saturated carbocycles. The van der Waals surface area contributed by atoms with Crippen LogP contribution in [0.4, 0.5) is 5.69 Å². The van der Waals surface area contributed by atoms with Gasteiger partial charge in [-0.15, -0.1) is 0 Å². The molecule has 0 saturated heterocycles. The first-order valence-corrected chi connectivity index (χ1v) is 5.64. The lowest BCUT2D eigenvalue weighted by molar-refractivity contribution is -0.121. The average molecular weight is 224 g/mol. The zero-order valence-corrected chi connectivity index (χ0v) is 9.69. The largest absolute Gasteiger partial charge is 0.324 e. The lowest BCUT2D eigenvalue weighted by atomic mass is 9.77. The summed E-state index contributed by atoms with van der Waals surface area (Å²) < 4.78 is 0. The Kier molecular flexibility index (Phi) is 2.47. The highest BCUT2D eigenvalue weighted by Gasteiger charge is 2.44. The predicted molar refractivity (Wildman–Crippen MR) is 62.3 cm³/mol. The van der Waals surface area contributed by atoms with Gasteiger partial charge in [0, 0.05) is 0 Å². The highest BCUT2D eigenvalue weighted by atomic mass is 35.5. The monoisotopic (exact) mass is 223 g/mol. The van der Waals surface area contributed by atoms with Crippen molar-refractivity contribution in [3.05, 3.63) is 28.8 Å². The number of anilines is 1. The van der Waals surface area contributed by atoms with Gasteiger partial charge >= 0.3 is 0 Å². The van der Waals surface area contributed by atoms with Crippen LogP contribution in [0.25, 0.3) is 0 Å². The molecule has 0 radical (unpaired) electrons. The lowest BCUT2D eigenvalue weighted by Crippen LogP contribution is -2.32. The Labute approximate surface area is 94.6 Å². The second kappa shape index (κ2) is 3.53. The number of para-hydroxylation sites is 1. The molecule has 0 aromatic heterocycles. The molecule has 3 heteroatoms. The minimum Gasteiger partial charge on any atom is -0.324 e. The molecule has 1 N–H and O–H groups in total. The molecule has 0 atom stereocenters.